The summed E-state index contributed by atoms with van der Waals surface area (Å²) in [5.41, 5.74) is 1.56. The van der Waals surface area contributed by atoms with Crippen molar-refractivity contribution in [2.24, 2.45) is 10.4 Å². The van der Waals surface area contributed by atoms with Crippen LogP contribution in [0, 0.1) is 5.41 Å². The van der Waals surface area contributed by atoms with Gasteiger partial charge in [0.05, 0.1) is 0 Å². The van der Waals surface area contributed by atoms with Crippen molar-refractivity contribution < 1.29 is 0 Å². The lowest BCUT2D eigenvalue weighted by Crippen LogP contribution is -2.17. The minimum absolute atomic E-state index is 0.267. The monoisotopic (exact) mass is 123 g/mol. The summed E-state index contributed by atoms with van der Waals surface area (Å²) >= 11 is 0. The molecule has 0 aromatic rings. The molecule has 1 nitrogen and oxygen atoms in total. The van der Waals surface area contributed by atoms with E-state index < -0.39 is 0 Å². The van der Waals surface area contributed by atoms with E-state index in [-0.39, 0.29) is 5.41 Å². The Bertz CT molecular complexity index is 158. The van der Waals surface area contributed by atoms with Gasteiger partial charge >= 0.3 is 0 Å². The molecule has 1 aliphatic heterocycles. The van der Waals surface area contributed by atoms with Crippen molar-refractivity contribution in [3.8, 4) is 0 Å². The van der Waals surface area contributed by atoms with Crippen molar-refractivity contribution in [2.45, 2.75) is 27.2 Å². The van der Waals surface area contributed by atoms with Crippen LogP contribution in [0.5, 0.6) is 0 Å². The third-order valence-electron chi connectivity index (χ3n) is 1.51. The molecule has 0 bridgehead atoms. The van der Waals surface area contributed by atoms with Crippen molar-refractivity contribution in [3.05, 3.63) is 12.3 Å². The van der Waals surface area contributed by atoms with Crippen LogP contribution in [0.2, 0.25) is 0 Å². The van der Waals surface area contributed by atoms with Gasteiger partial charge in [-0.3, -0.25) is 4.99 Å². The first-order valence-electron chi connectivity index (χ1n) is 3.33. The van der Waals surface area contributed by atoms with Gasteiger partial charge in [0, 0.05) is 23.7 Å². The normalized spacial score (nSPS) is 18.3. The van der Waals surface area contributed by atoms with E-state index in [1.807, 2.05) is 6.20 Å². The number of allylic oxidation sites excluding steroid dienone is 1. The fourth-order valence-electron chi connectivity index (χ4n) is 0.860. The molecular weight excluding hydrogens is 110 g/mol. The molecule has 0 unspecified atom stereocenters. The third kappa shape index (κ3) is 1.41. The second-order valence-corrected chi connectivity index (χ2v) is 3.41. The summed E-state index contributed by atoms with van der Waals surface area (Å²) in [7, 11) is 0. The fraction of sp³-hybridized carbons (Fsp3) is 0.625. The Morgan fingerprint density at radius 1 is 1.44 bits per heavy atom. The summed E-state index contributed by atoms with van der Waals surface area (Å²) in [6.07, 6.45) is 5.03. The van der Waals surface area contributed by atoms with E-state index >= 15 is 0 Å². The van der Waals surface area contributed by atoms with Crippen LogP contribution in [-0.2, 0) is 0 Å². The van der Waals surface area contributed by atoms with Crippen molar-refractivity contribution >= 4 is 5.71 Å². The maximum atomic E-state index is 4.24. The number of rotatable bonds is 0. The molecule has 0 atom stereocenters. The van der Waals surface area contributed by atoms with E-state index in [1.165, 1.54) is 5.71 Å². The van der Waals surface area contributed by atoms with Gasteiger partial charge in [0.25, 0.3) is 0 Å². The third-order valence-corrected chi connectivity index (χ3v) is 1.51. The van der Waals surface area contributed by atoms with Crippen LogP contribution in [0.4, 0.5) is 0 Å². The number of hydrogen-bond acceptors (Lipinski definition) is 1. The van der Waals surface area contributed by atoms with Gasteiger partial charge < -0.3 is 0 Å². The predicted octanol–water partition coefficient (Wildman–Crippen LogP) is 2.39. The zero-order chi connectivity index (χ0) is 6.91. The summed E-state index contributed by atoms with van der Waals surface area (Å²) in [5.74, 6) is 0. The highest BCUT2D eigenvalue weighted by Crippen LogP contribution is 2.21. The summed E-state index contributed by atoms with van der Waals surface area (Å²) in [6, 6.07) is 0. The molecule has 0 aromatic carbocycles. The Labute approximate surface area is 56.5 Å². The van der Waals surface area contributed by atoms with E-state index in [4.69, 9.17) is 0 Å². The highest BCUT2D eigenvalue weighted by Gasteiger charge is 2.18. The molecule has 0 fully saturated rings. The molecular formula is C8H13N. The molecule has 0 saturated carbocycles. The molecule has 0 aromatic heterocycles. The van der Waals surface area contributed by atoms with Crippen LogP contribution in [-0.4, -0.2) is 5.71 Å². The zero-order valence-electron chi connectivity index (χ0n) is 6.31. The molecule has 0 radical (unpaired) electrons. The maximum absolute atomic E-state index is 4.24. The van der Waals surface area contributed by atoms with Gasteiger partial charge in [-0.2, -0.15) is 0 Å². The summed E-state index contributed by atoms with van der Waals surface area (Å²) in [6.45, 7) is 6.58. The molecule has 0 spiro atoms. The summed E-state index contributed by atoms with van der Waals surface area (Å²) in [5, 5.41) is 0. The maximum Gasteiger partial charge on any atom is 0.0270 e. The summed E-state index contributed by atoms with van der Waals surface area (Å²) < 4.78 is 0. The molecule has 9 heavy (non-hydrogen) atoms. The van der Waals surface area contributed by atoms with Crippen LogP contribution in [0.1, 0.15) is 27.2 Å². The molecule has 1 heteroatoms. The van der Waals surface area contributed by atoms with Gasteiger partial charge in [-0.05, 0) is 0 Å². The topological polar surface area (TPSA) is 12.4 Å². The molecule has 1 aliphatic rings. The first-order chi connectivity index (χ1) is 4.11. The van der Waals surface area contributed by atoms with Crippen molar-refractivity contribution in [3.63, 3.8) is 0 Å². The first kappa shape index (κ1) is 6.53. The molecule has 50 valence electrons. The van der Waals surface area contributed by atoms with E-state index in [0.29, 0.717) is 0 Å². The van der Waals surface area contributed by atoms with Crippen LogP contribution in [0.3, 0.4) is 0 Å². The quantitative estimate of drug-likeness (QED) is 0.469. The van der Waals surface area contributed by atoms with Gasteiger partial charge in [0.15, 0.2) is 0 Å². The SMILES string of the molecule is CC(C)(C)C1=NC=CC1. The van der Waals surface area contributed by atoms with E-state index in [9.17, 15) is 0 Å². The van der Waals surface area contributed by atoms with Gasteiger partial charge in [-0.1, -0.05) is 26.8 Å². The lowest BCUT2D eigenvalue weighted by Gasteiger charge is -2.17. The standard InChI is InChI=1S/C8H13N/c1-8(2,3)7-5-4-6-9-7/h4,6H,5H2,1-3H3. The van der Waals surface area contributed by atoms with E-state index in [0.717, 1.165) is 6.42 Å². The molecule has 0 aliphatic carbocycles. The van der Waals surface area contributed by atoms with Gasteiger partial charge in [0.2, 0.25) is 0 Å². The number of aliphatic imine (C=N–C) groups is 1. The Morgan fingerprint density at radius 3 is 2.33 bits per heavy atom. The molecule has 1 rings (SSSR count). The van der Waals surface area contributed by atoms with Crippen LogP contribution in [0.25, 0.3) is 0 Å². The van der Waals surface area contributed by atoms with E-state index in [1.54, 1.807) is 0 Å². The number of nitrogens with zero attached hydrogens (tertiary/aromatic N) is 1. The first-order valence-corrected chi connectivity index (χ1v) is 3.33. The van der Waals surface area contributed by atoms with Crippen molar-refractivity contribution in [2.75, 3.05) is 0 Å². The second-order valence-electron chi connectivity index (χ2n) is 3.41. The Balaban J connectivity index is 2.66. The Hall–Kier alpha value is -0.590. The minimum atomic E-state index is 0.267. The number of hydrogen-bond donors (Lipinski definition) is 0. The second kappa shape index (κ2) is 1.98. The Kier molecular flexibility index (Phi) is 1.43. The van der Waals surface area contributed by atoms with Crippen molar-refractivity contribution in [1.29, 1.82) is 0 Å². The lowest BCUT2D eigenvalue weighted by atomic mass is 9.89. The lowest BCUT2D eigenvalue weighted by molar-refractivity contribution is 0.585. The van der Waals surface area contributed by atoms with Crippen LogP contribution >= 0.6 is 0 Å². The molecule has 0 N–H and O–H groups in total. The van der Waals surface area contributed by atoms with Gasteiger partial charge in [-0.15, -0.1) is 0 Å². The average molecular weight is 123 g/mol. The van der Waals surface area contributed by atoms with Gasteiger partial charge in [-0.25, -0.2) is 0 Å². The molecule has 0 saturated heterocycles. The highest BCUT2D eigenvalue weighted by molar-refractivity contribution is 5.92. The Morgan fingerprint density at radius 2 is 2.11 bits per heavy atom. The largest absolute Gasteiger partial charge is 0.265 e. The summed E-state index contributed by atoms with van der Waals surface area (Å²) in [4.78, 5) is 4.24. The van der Waals surface area contributed by atoms with Crippen LogP contribution < -0.4 is 0 Å². The van der Waals surface area contributed by atoms with E-state index in [2.05, 4.69) is 31.8 Å². The van der Waals surface area contributed by atoms with Crippen molar-refractivity contribution in [1.82, 2.24) is 0 Å². The van der Waals surface area contributed by atoms with Gasteiger partial charge in [0.1, 0.15) is 0 Å². The smallest absolute Gasteiger partial charge is 0.0270 e. The predicted molar refractivity (Wildman–Crippen MR) is 40.6 cm³/mol. The highest BCUT2D eigenvalue weighted by atomic mass is 14.7. The average Bonchev–Trinajstić information content (AvgIpc) is 2.08. The minimum Gasteiger partial charge on any atom is -0.265 e. The zero-order valence-corrected chi connectivity index (χ0v) is 6.31. The fourth-order valence-corrected chi connectivity index (χ4v) is 0.860. The molecule has 1 heterocycles. The molecule has 0 amide bonds. The van der Waals surface area contributed by atoms with Crippen LogP contribution in [0.15, 0.2) is 17.3 Å².